The first-order chi connectivity index (χ1) is 10.4. The van der Waals surface area contributed by atoms with Gasteiger partial charge in [0.1, 0.15) is 0 Å². The van der Waals surface area contributed by atoms with Crippen LogP contribution in [0.25, 0.3) is 0 Å². The molecular formula is C19H30N2O. The van der Waals surface area contributed by atoms with Crippen molar-refractivity contribution >= 4 is 11.6 Å². The molecule has 1 amide bonds. The van der Waals surface area contributed by atoms with E-state index in [2.05, 4.69) is 63.0 Å². The molecule has 0 radical (unpaired) electrons. The quantitative estimate of drug-likeness (QED) is 0.910. The molecule has 1 aromatic rings. The zero-order valence-electron chi connectivity index (χ0n) is 14.6. The molecular weight excluding hydrogens is 272 g/mol. The second-order valence-electron chi connectivity index (χ2n) is 7.38. The summed E-state index contributed by atoms with van der Waals surface area (Å²) >= 11 is 0. The zero-order valence-corrected chi connectivity index (χ0v) is 14.6. The highest BCUT2D eigenvalue weighted by Gasteiger charge is 2.23. The molecule has 2 rings (SSSR count). The van der Waals surface area contributed by atoms with Crippen LogP contribution in [0.15, 0.2) is 18.2 Å². The van der Waals surface area contributed by atoms with E-state index in [-0.39, 0.29) is 5.91 Å². The fourth-order valence-electron chi connectivity index (χ4n) is 3.65. The number of aryl methyl sites for hydroxylation is 1. The van der Waals surface area contributed by atoms with Gasteiger partial charge in [-0.05, 0) is 42.2 Å². The number of nitrogens with zero attached hydrogens (tertiary/aromatic N) is 1. The van der Waals surface area contributed by atoms with Crippen molar-refractivity contribution in [3.8, 4) is 0 Å². The molecule has 1 N–H and O–H groups in total. The normalized spacial score (nSPS) is 22.8. The van der Waals surface area contributed by atoms with Crippen LogP contribution in [0.3, 0.4) is 0 Å². The van der Waals surface area contributed by atoms with Gasteiger partial charge in [0.15, 0.2) is 0 Å². The first-order valence-electron chi connectivity index (χ1n) is 8.48. The summed E-state index contributed by atoms with van der Waals surface area (Å²) in [5.41, 5.74) is 3.36. The molecule has 1 aromatic carbocycles. The Hall–Kier alpha value is -1.35. The highest BCUT2D eigenvalue weighted by Crippen LogP contribution is 2.27. The first kappa shape index (κ1) is 17.0. The lowest BCUT2D eigenvalue weighted by Crippen LogP contribution is -2.43. The lowest BCUT2D eigenvalue weighted by Gasteiger charge is -2.34. The average Bonchev–Trinajstić information content (AvgIpc) is 2.39. The molecule has 0 aliphatic carbocycles. The van der Waals surface area contributed by atoms with Gasteiger partial charge in [-0.15, -0.1) is 0 Å². The van der Waals surface area contributed by atoms with Crippen molar-refractivity contribution in [1.82, 2.24) is 4.90 Å². The Balaban J connectivity index is 2.03. The molecule has 1 saturated heterocycles. The van der Waals surface area contributed by atoms with E-state index in [0.717, 1.165) is 24.3 Å². The van der Waals surface area contributed by atoms with Crippen LogP contribution in [-0.2, 0) is 4.79 Å². The summed E-state index contributed by atoms with van der Waals surface area (Å²) in [6.45, 7) is 13.5. The van der Waals surface area contributed by atoms with Crippen LogP contribution in [0.4, 0.5) is 5.69 Å². The molecule has 3 nitrogen and oxygen atoms in total. The number of hydrogen-bond acceptors (Lipinski definition) is 2. The number of carbonyl (C=O) groups is 1. The van der Waals surface area contributed by atoms with Gasteiger partial charge >= 0.3 is 0 Å². The fourth-order valence-corrected chi connectivity index (χ4v) is 3.65. The van der Waals surface area contributed by atoms with E-state index in [0.29, 0.717) is 24.3 Å². The molecule has 1 aliphatic heterocycles. The van der Waals surface area contributed by atoms with Crippen LogP contribution in [0, 0.1) is 18.8 Å². The Morgan fingerprint density at radius 3 is 2.50 bits per heavy atom. The van der Waals surface area contributed by atoms with Crippen molar-refractivity contribution in [3.63, 3.8) is 0 Å². The van der Waals surface area contributed by atoms with Crippen molar-refractivity contribution in [2.45, 2.75) is 47.0 Å². The van der Waals surface area contributed by atoms with Crippen molar-refractivity contribution in [2.75, 3.05) is 25.0 Å². The molecule has 0 bridgehead atoms. The van der Waals surface area contributed by atoms with Gasteiger partial charge in [-0.1, -0.05) is 45.9 Å². The van der Waals surface area contributed by atoms with Crippen molar-refractivity contribution < 1.29 is 4.79 Å². The number of nitrogens with one attached hydrogen (secondary N) is 1. The predicted octanol–water partition coefficient (Wildman–Crippen LogP) is 4.03. The van der Waals surface area contributed by atoms with Gasteiger partial charge in [0.25, 0.3) is 0 Å². The van der Waals surface area contributed by atoms with Crippen LogP contribution in [0.2, 0.25) is 0 Å². The largest absolute Gasteiger partial charge is 0.324 e. The number of amides is 1. The molecule has 22 heavy (non-hydrogen) atoms. The van der Waals surface area contributed by atoms with E-state index in [4.69, 9.17) is 0 Å². The summed E-state index contributed by atoms with van der Waals surface area (Å²) in [5, 5.41) is 3.16. The fraction of sp³-hybridized carbons (Fsp3) is 0.632. The van der Waals surface area contributed by atoms with Gasteiger partial charge in [0, 0.05) is 18.8 Å². The van der Waals surface area contributed by atoms with Crippen LogP contribution in [0.5, 0.6) is 0 Å². The van der Waals surface area contributed by atoms with E-state index in [1.165, 1.54) is 12.0 Å². The highest BCUT2D eigenvalue weighted by atomic mass is 16.2. The van der Waals surface area contributed by atoms with E-state index >= 15 is 0 Å². The second-order valence-corrected chi connectivity index (χ2v) is 7.38. The Morgan fingerprint density at radius 1 is 1.27 bits per heavy atom. The molecule has 0 saturated carbocycles. The topological polar surface area (TPSA) is 32.3 Å². The minimum atomic E-state index is 0.109. The van der Waals surface area contributed by atoms with Gasteiger partial charge in [-0.25, -0.2) is 0 Å². The SMILES string of the molecule is Cc1cccc(C(C)C)c1NC(=O)CN1C[C@H](C)C[C@@H](C)C1. The van der Waals surface area contributed by atoms with E-state index in [1.807, 2.05) is 0 Å². The number of piperidine rings is 1. The predicted molar refractivity (Wildman–Crippen MR) is 93.3 cm³/mol. The van der Waals surface area contributed by atoms with Crippen molar-refractivity contribution in [1.29, 1.82) is 0 Å². The molecule has 1 heterocycles. The molecule has 3 heteroatoms. The number of anilines is 1. The first-order valence-corrected chi connectivity index (χ1v) is 8.48. The van der Waals surface area contributed by atoms with E-state index in [1.54, 1.807) is 0 Å². The number of likely N-dealkylation sites (tertiary alicyclic amines) is 1. The van der Waals surface area contributed by atoms with Crippen LogP contribution >= 0.6 is 0 Å². The molecule has 2 atom stereocenters. The molecule has 1 fully saturated rings. The summed E-state index contributed by atoms with van der Waals surface area (Å²) in [5.74, 6) is 1.88. The smallest absolute Gasteiger partial charge is 0.238 e. The van der Waals surface area contributed by atoms with Gasteiger partial charge in [0.05, 0.1) is 6.54 Å². The number of para-hydroxylation sites is 1. The summed E-state index contributed by atoms with van der Waals surface area (Å²) in [7, 11) is 0. The zero-order chi connectivity index (χ0) is 16.3. The molecule has 0 spiro atoms. The molecule has 0 aromatic heterocycles. The molecule has 1 aliphatic rings. The lowest BCUT2D eigenvalue weighted by molar-refractivity contribution is -0.117. The van der Waals surface area contributed by atoms with Gasteiger partial charge in [-0.3, -0.25) is 9.69 Å². The van der Waals surface area contributed by atoms with E-state index < -0.39 is 0 Å². The Kier molecular flexibility index (Phi) is 5.63. The van der Waals surface area contributed by atoms with Gasteiger partial charge in [0.2, 0.25) is 5.91 Å². The summed E-state index contributed by atoms with van der Waals surface area (Å²) in [4.78, 5) is 14.8. The summed E-state index contributed by atoms with van der Waals surface area (Å²) in [6, 6.07) is 6.24. The second kappa shape index (κ2) is 7.28. The van der Waals surface area contributed by atoms with Crippen molar-refractivity contribution in [2.24, 2.45) is 11.8 Å². The third kappa shape index (κ3) is 4.33. The number of rotatable bonds is 4. The molecule has 0 unspecified atom stereocenters. The van der Waals surface area contributed by atoms with Crippen LogP contribution in [-0.4, -0.2) is 30.4 Å². The third-order valence-corrected chi connectivity index (χ3v) is 4.50. The lowest BCUT2D eigenvalue weighted by atomic mass is 9.92. The van der Waals surface area contributed by atoms with Gasteiger partial charge < -0.3 is 5.32 Å². The maximum Gasteiger partial charge on any atom is 0.238 e. The monoisotopic (exact) mass is 302 g/mol. The van der Waals surface area contributed by atoms with Crippen LogP contribution in [0.1, 0.15) is 51.2 Å². The number of hydrogen-bond donors (Lipinski definition) is 1. The third-order valence-electron chi connectivity index (χ3n) is 4.50. The Bertz CT molecular complexity index is 514. The number of benzene rings is 1. The standard InChI is InChI=1S/C19H30N2O/c1-13(2)17-8-6-7-16(5)19(17)20-18(22)12-21-10-14(3)9-15(4)11-21/h6-8,13-15H,9-12H2,1-5H3,(H,20,22)/t14-,15-/m1/s1. The van der Waals surface area contributed by atoms with Crippen molar-refractivity contribution in [3.05, 3.63) is 29.3 Å². The summed E-state index contributed by atoms with van der Waals surface area (Å²) < 4.78 is 0. The molecule has 122 valence electrons. The Morgan fingerprint density at radius 2 is 1.91 bits per heavy atom. The van der Waals surface area contributed by atoms with E-state index in [9.17, 15) is 4.79 Å². The highest BCUT2D eigenvalue weighted by molar-refractivity contribution is 5.93. The minimum absolute atomic E-state index is 0.109. The maximum absolute atomic E-state index is 12.5. The minimum Gasteiger partial charge on any atom is -0.324 e. The Labute approximate surface area is 135 Å². The maximum atomic E-state index is 12.5. The van der Waals surface area contributed by atoms with Gasteiger partial charge in [-0.2, -0.15) is 0 Å². The summed E-state index contributed by atoms with van der Waals surface area (Å²) in [6.07, 6.45) is 1.27. The average molecular weight is 302 g/mol. The number of carbonyl (C=O) groups excluding carboxylic acids is 1. The van der Waals surface area contributed by atoms with Crippen LogP contribution < -0.4 is 5.32 Å².